The van der Waals surface area contributed by atoms with E-state index < -0.39 is 9.84 Å². The Hall–Kier alpha value is -2.06. The van der Waals surface area contributed by atoms with Crippen molar-refractivity contribution in [2.45, 2.75) is 19.6 Å². The molecular weight excluding hydrogens is 352 g/mol. The number of rotatable bonds is 6. The number of morpholine rings is 1. The van der Waals surface area contributed by atoms with Crippen LogP contribution >= 0.6 is 0 Å². The molecule has 0 N–H and O–H groups in total. The SMILES string of the molecule is CC(C)CS(=O)(=O)Cc1cc(N2CCOCC2)nc(-c2ccccn2)n1. The van der Waals surface area contributed by atoms with Crippen LogP contribution in [-0.4, -0.2) is 55.4 Å². The Kier molecular flexibility index (Phi) is 5.83. The minimum absolute atomic E-state index is 0.0795. The number of anilines is 1. The summed E-state index contributed by atoms with van der Waals surface area (Å²) in [6.07, 6.45) is 1.68. The maximum atomic E-state index is 12.4. The van der Waals surface area contributed by atoms with E-state index in [0.717, 1.165) is 18.9 Å². The maximum Gasteiger partial charge on any atom is 0.180 e. The predicted molar refractivity (Wildman–Crippen MR) is 101 cm³/mol. The zero-order valence-corrected chi connectivity index (χ0v) is 15.9. The Bertz CT molecular complexity index is 835. The molecule has 0 aromatic carbocycles. The lowest BCUT2D eigenvalue weighted by Crippen LogP contribution is -2.37. The van der Waals surface area contributed by atoms with Crippen molar-refractivity contribution in [2.24, 2.45) is 5.92 Å². The monoisotopic (exact) mass is 376 g/mol. The first-order valence-electron chi connectivity index (χ1n) is 8.75. The molecule has 0 unspecified atom stereocenters. The lowest BCUT2D eigenvalue weighted by atomic mass is 10.3. The number of aromatic nitrogens is 3. The first-order valence-corrected chi connectivity index (χ1v) is 10.6. The Balaban J connectivity index is 1.97. The van der Waals surface area contributed by atoms with Gasteiger partial charge in [0.1, 0.15) is 11.5 Å². The van der Waals surface area contributed by atoms with E-state index in [-0.39, 0.29) is 17.4 Å². The van der Waals surface area contributed by atoms with Crippen LogP contribution in [0.2, 0.25) is 0 Å². The van der Waals surface area contributed by atoms with Crippen LogP contribution in [-0.2, 0) is 20.3 Å². The van der Waals surface area contributed by atoms with Crippen molar-refractivity contribution in [3.63, 3.8) is 0 Å². The highest BCUT2D eigenvalue weighted by Gasteiger charge is 2.20. The summed E-state index contributed by atoms with van der Waals surface area (Å²) in [5, 5.41) is 0. The molecule has 0 radical (unpaired) electrons. The molecule has 3 heterocycles. The Morgan fingerprint density at radius 2 is 1.96 bits per heavy atom. The second-order valence-electron chi connectivity index (χ2n) is 6.80. The highest BCUT2D eigenvalue weighted by Crippen LogP contribution is 2.21. The molecule has 1 aliphatic heterocycles. The van der Waals surface area contributed by atoms with Crippen molar-refractivity contribution in [1.82, 2.24) is 15.0 Å². The first kappa shape index (κ1) is 18.7. The lowest BCUT2D eigenvalue weighted by Gasteiger charge is -2.28. The number of hydrogen-bond acceptors (Lipinski definition) is 7. The molecule has 0 amide bonds. The summed E-state index contributed by atoms with van der Waals surface area (Å²) in [5.74, 6) is 1.30. The molecule has 1 aliphatic rings. The number of ether oxygens (including phenoxy) is 1. The third-order valence-corrected chi connectivity index (χ3v) is 5.86. The summed E-state index contributed by atoms with van der Waals surface area (Å²) in [4.78, 5) is 15.5. The second kappa shape index (κ2) is 8.09. The van der Waals surface area contributed by atoms with Gasteiger partial charge in [-0.3, -0.25) is 4.98 Å². The van der Waals surface area contributed by atoms with Crippen LogP contribution < -0.4 is 4.90 Å². The summed E-state index contributed by atoms with van der Waals surface area (Å²) in [6, 6.07) is 7.28. The van der Waals surface area contributed by atoms with Crippen LogP contribution in [0.3, 0.4) is 0 Å². The van der Waals surface area contributed by atoms with Crippen molar-refractivity contribution >= 4 is 15.7 Å². The fraction of sp³-hybridized carbons (Fsp3) is 0.500. The topological polar surface area (TPSA) is 85.3 Å². The molecule has 1 saturated heterocycles. The van der Waals surface area contributed by atoms with Gasteiger partial charge in [0.25, 0.3) is 0 Å². The fourth-order valence-electron chi connectivity index (χ4n) is 2.91. The average Bonchev–Trinajstić information content (AvgIpc) is 2.61. The summed E-state index contributed by atoms with van der Waals surface area (Å²) < 4.78 is 30.3. The van der Waals surface area contributed by atoms with Crippen molar-refractivity contribution in [3.05, 3.63) is 36.2 Å². The molecule has 26 heavy (non-hydrogen) atoms. The van der Waals surface area contributed by atoms with E-state index in [1.165, 1.54) is 0 Å². The normalized spacial score (nSPS) is 15.4. The van der Waals surface area contributed by atoms with Gasteiger partial charge in [0.15, 0.2) is 15.7 Å². The van der Waals surface area contributed by atoms with Gasteiger partial charge in [-0.15, -0.1) is 0 Å². The largest absolute Gasteiger partial charge is 0.378 e. The molecule has 140 valence electrons. The van der Waals surface area contributed by atoms with Gasteiger partial charge >= 0.3 is 0 Å². The number of nitrogens with zero attached hydrogens (tertiary/aromatic N) is 4. The van der Waals surface area contributed by atoms with Crippen molar-refractivity contribution in [3.8, 4) is 11.5 Å². The van der Waals surface area contributed by atoms with Crippen molar-refractivity contribution in [2.75, 3.05) is 37.0 Å². The van der Waals surface area contributed by atoms with E-state index in [1.54, 1.807) is 12.3 Å². The summed E-state index contributed by atoms with van der Waals surface area (Å²) in [5.41, 5.74) is 1.13. The summed E-state index contributed by atoms with van der Waals surface area (Å²) >= 11 is 0. The van der Waals surface area contributed by atoms with Crippen LogP contribution in [0, 0.1) is 5.92 Å². The van der Waals surface area contributed by atoms with E-state index in [9.17, 15) is 8.42 Å². The fourth-order valence-corrected chi connectivity index (χ4v) is 4.65. The van der Waals surface area contributed by atoms with E-state index in [0.29, 0.717) is 30.4 Å². The van der Waals surface area contributed by atoms with Gasteiger partial charge in [-0.05, 0) is 18.1 Å². The molecule has 0 bridgehead atoms. The Morgan fingerprint density at radius 1 is 1.19 bits per heavy atom. The quantitative estimate of drug-likeness (QED) is 0.761. The predicted octanol–water partition coefficient (Wildman–Crippen LogP) is 1.95. The van der Waals surface area contributed by atoms with Gasteiger partial charge in [-0.1, -0.05) is 19.9 Å². The molecule has 3 rings (SSSR count). The number of hydrogen-bond donors (Lipinski definition) is 0. The third kappa shape index (κ3) is 4.98. The molecule has 2 aromatic heterocycles. The molecule has 0 atom stereocenters. The van der Waals surface area contributed by atoms with Gasteiger partial charge in [0.05, 0.1) is 30.4 Å². The third-order valence-electron chi connectivity index (χ3n) is 3.95. The highest BCUT2D eigenvalue weighted by atomic mass is 32.2. The van der Waals surface area contributed by atoms with Crippen LogP contribution in [0.1, 0.15) is 19.5 Å². The zero-order valence-electron chi connectivity index (χ0n) is 15.1. The van der Waals surface area contributed by atoms with Crippen LogP contribution in [0.5, 0.6) is 0 Å². The minimum Gasteiger partial charge on any atom is -0.378 e. The number of sulfone groups is 1. The standard InChI is InChI=1S/C18H24N4O3S/c1-14(2)12-26(23,24)13-15-11-17(22-7-9-25-10-8-22)21-18(20-15)16-5-3-4-6-19-16/h3-6,11,14H,7-10,12-13H2,1-2H3. The first-order chi connectivity index (χ1) is 12.4. The van der Waals surface area contributed by atoms with Gasteiger partial charge in [0.2, 0.25) is 0 Å². The average molecular weight is 376 g/mol. The van der Waals surface area contributed by atoms with Crippen LogP contribution in [0.15, 0.2) is 30.5 Å². The molecule has 2 aromatic rings. The van der Waals surface area contributed by atoms with E-state index in [2.05, 4.69) is 19.9 Å². The molecule has 8 heteroatoms. The zero-order chi connectivity index (χ0) is 18.6. The van der Waals surface area contributed by atoms with Crippen molar-refractivity contribution in [1.29, 1.82) is 0 Å². The molecule has 7 nitrogen and oxygen atoms in total. The Morgan fingerprint density at radius 3 is 2.62 bits per heavy atom. The molecule has 0 aliphatic carbocycles. The van der Waals surface area contributed by atoms with Crippen LogP contribution in [0.4, 0.5) is 5.82 Å². The van der Waals surface area contributed by atoms with E-state index in [4.69, 9.17) is 4.74 Å². The van der Waals surface area contributed by atoms with Gasteiger partial charge in [-0.25, -0.2) is 18.4 Å². The number of pyridine rings is 1. The second-order valence-corrected chi connectivity index (χ2v) is 8.91. The smallest absolute Gasteiger partial charge is 0.180 e. The maximum absolute atomic E-state index is 12.4. The van der Waals surface area contributed by atoms with E-state index >= 15 is 0 Å². The van der Waals surface area contributed by atoms with E-state index in [1.807, 2.05) is 32.0 Å². The highest BCUT2D eigenvalue weighted by molar-refractivity contribution is 7.90. The summed E-state index contributed by atoms with van der Waals surface area (Å²) in [7, 11) is -3.23. The molecule has 0 saturated carbocycles. The van der Waals surface area contributed by atoms with Crippen LogP contribution in [0.25, 0.3) is 11.5 Å². The summed E-state index contributed by atoms with van der Waals surface area (Å²) in [6.45, 7) is 6.49. The molecular formula is C18H24N4O3S. The van der Waals surface area contributed by atoms with Gasteiger partial charge in [0, 0.05) is 25.4 Å². The molecule has 1 fully saturated rings. The molecule has 0 spiro atoms. The minimum atomic E-state index is -3.23. The van der Waals surface area contributed by atoms with Gasteiger partial charge < -0.3 is 9.64 Å². The van der Waals surface area contributed by atoms with Gasteiger partial charge in [-0.2, -0.15) is 0 Å². The lowest BCUT2D eigenvalue weighted by molar-refractivity contribution is 0.122. The Labute approximate surface area is 154 Å². The van der Waals surface area contributed by atoms with Crippen molar-refractivity contribution < 1.29 is 13.2 Å².